The Morgan fingerprint density at radius 2 is 1.27 bits per heavy atom. The zero-order chi connectivity index (χ0) is 25.3. The van der Waals surface area contributed by atoms with Crippen molar-refractivity contribution in [2.75, 3.05) is 18.9 Å². The number of rotatable bonds is 10. The summed E-state index contributed by atoms with van der Waals surface area (Å²) in [7, 11) is 0. The van der Waals surface area contributed by atoms with E-state index in [4.69, 9.17) is 23.7 Å². The van der Waals surface area contributed by atoms with Gasteiger partial charge in [0.15, 0.2) is 24.4 Å². The zero-order valence-corrected chi connectivity index (χ0v) is 20.2. The van der Waals surface area contributed by atoms with E-state index in [0.29, 0.717) is 12.3 Å². The summed E-state index contributed by atoms with van der Waals surface area (Å²) in [6.45, 7) is 6.62. The Labute approximate surface area is 195 Å². The van der Waals surface area contributed by atoms with Gasteiger partial charge in [-0.1, -0.05) is 0 Å². The van der Waals surface area contributed by atoms with Crippen LogP contribution in [-0.4, -0.2) is 89.3 Å². The second-order valence-corrected chi connectivity index (χ2v) is 8.37. The number of carbonyl (C=O) groups is 6. The van der Waals surface area contributed by atoms with Crippen LogP contribution < -0.4 is 0 Å². The van der Waals surface area contributed by atoms with E-state index in [-0.39, 0.29) is 5.91 Å². The van der Waals surface area contributed by atoms with Gasteiger partial charge in [0, 0.05) is 53.8 Å². The molecule has 0 spiro atoms. The van der Waals surface area contributed by atoms with Gasteiger partial charge in [-0.3, -0.25) is 28.8 Å². The van der Waals surface area contributed by atoms with Crippen LogP contribution in [-0.2, 0) is 52.5 Å². The third-order valence-electron chi connectivity index (χ3n) is 4.30. The molecule has 0 unspecified atom stereocenters. The molecule has 0 N–H and O–H groups in total. The molecule has 1 saturated heterocycles. The van der Waals surface area contributed by atoms with Gasteiger partial charge in [-0.15, -0.1) is 11.8 Å². The molecule has 0 aromatic carbocycles. The molecule has 33 heavy (non-hydrogen) atoms. The highest BCUT2D eigenvalue weighted by Gasteiger charge is 2.49. The molecule has 1 amide bonds. The molecule has 5 atom stereocenters. The molecular formula is C20H29NO11S. The monoisotopic (exact) mass is 491 g/mol. The van der Waals surface area contributed by atoms with Gasteiger partial charge in [0.25, 0.3) is 0 Å². The minimum atomic E-state index is -1.53. The lowest BCUT2D eigenvalue weighted by molar-refractivity contribution is -0.204. The van der Waals surface area contributed by atoms with Crippen LogP contribution in [0.2, 0.25) is 0 Å². The van der Waals surface area contributed by atoms with Gasteiger partial charge < -0.3 is 28.6 Å². The highest BCUT2D eigenvalue weighted by Crippen LogP contribution is 2.33. The van der Waals surface area contributed by atoms with Crippen LogP contribution in [0, 0.1) is 0 Å². The van der Waals surface area contributed by atoms with Crippen molar-refractivity contribution < 1.29 is 52.5 Å². The van der Waals surface area contributed by atoms with Gasteiger partial charge in [-0.25, -0.2) is 0 Å². The first-order valence-electron chi connectivity index (χ1n) is 10.0. The zero-order valence-electron chi connectivity index (χ0n) is 19.4. The molecule has 12 nitrogen and oxygen atoms in total. The van der Waals surface area contributed by atoms with Crippen molar-refractivity contribution in [3.8, 4) is 0 Å². The Morgan fingerprint density at radius 1 is 0.758 bits per heavy atom. The van der Waals surface area contributed by atoms with Crippen molar-refractivity contribution in [2.24, 2.45) is 0 Å². The predicted octanol–water partition coefficient (Wildman–Crippen LogP) is 0.198. The molecule has 1 aliphatic rings. The standard InChI is InChI=1S/C20H29NO11S/c1-10(22)21-7-8-33-20(21)19(32-15(6)27)18(31-14(5)26)17(30-13(4)25)16(29-12(3)24)9-28-11(2)23/h16-20H,7-9H2,1-6H3/t16-,17-,18-,19+,20-/m0/s1. The molecule has 1 rings (SSSR count). The van der Waals surface area contributed by atoms with Crippen LogP contribution in [0.3, 0.4) is 0 Å². The number of hydrogen-bond acceptors (Lipinski definition) is 12. The van der Waals surface area contributed by atoms with E-state index in [0.717, 1.165) is 34.6 Å². The summed E-state index contributed by atoms with van der Waals surface area (Å²) >= 11 is 1.27. The van der Waals surface area contributed by atoms with Crippen molar-refractivity contribution in [3.63, 3.8) is 0 Å². The highest BCUT2D eigenvalue weighted by molar-refractivity contribution is 8.00. The summed E-state index contributed by atoms with van der Waals surface area (Å²) < 4.78 is 26.3. The SMILES string of the molecule is CC(=O)OC[C@H](OC(C)=O)[C@H](OC(C)=O)[C@H](OC(C)=O)[C@@H](OC(C)=O)[C@@H]1SCCN1C(C)=O. The highest BCUT2D eigenvalue weighted by atomic mass is 32.2. The van der Waals surface area contributed by atoms with Crippen molar-refractivity contribution in [1.29, 1.82) is 0 Å². The van der Waals surface area contributed by atoms with E-state index in [9.17, 15) is 28.8 Å². The molecule has 1 fully saturated rings. The first-order valence-corrected chi connectivity index (χ1v) is 11.1. The lowest BCUT2D eigenvalue weighted by Crippen LogP contribution is -2.58. The smallest absolute Gasteiger partial charge is 0.303 e. The quantitative estimate of drug-likeness (QED) is 0.303. The fourth-order valence-electron chi connectivity index (χ4n) is 3.24. The minimum Gasteiger partial charge on any atom is -0.462 e. The van der Waals surface area contributed by atoms with Crippen LogP contribution in [0.15, 0.2) is 0 Å². The first-order chi connectivity index (χ1) is 15.3. The van der Waals surface area contributed by atoms with Crippen molar-refractivity contribution >= 4 is 47.5 Å². The largest absolute Gasteiger partial charge is 0.462 e. The Kier molecular flexibility index (Phi) is 11.1. The summed E-state index contributed by atoms with van der Waals surface area (Å²) in [6.07, 6.45) is -5.75. The Balaban J connectivity index is 3.55. The predicted molar refractivity (Wildman–Crippen MR) is 112 cm³/mol. The van der Waals surface area contributed by atoms with Gasteiger partial charge in [-0.05, 0) is 0 Å². The van der Waals surface area contributed by atoms with E-state index in [1.807, 2.05) is 0 Å². The molecule has 0 radical (unpaired) electrons. The lowest BCUT2D eigenvalue weighted by atomic mass is 10.0. The maximum absolute atomic E-state index is 12.1. The third-order valence-corrected chi connectivity index (χ3v) is 5.58. The van der Waals surface area contributed by atoms with Crippen molar-refractivity contribution in [1.82, 2.24) is 4.90 Å². The van der Waals surface area contributed by atoms with E-state index < -0.39 is 66.2 Å². The average molecular weight is 492 g/mol. The van der Waals surface area contributed by atoms with Crippen molar-refractivity contribution in [2.45, 2.75) is 71.3 Å². The number of amides is 1. The Hall–Kier alpha value is -2.83. The van der Waals surface area contributed by atoms with E-state index in [1.54, 1.807) is 0 Å². The summed E-state index contributed by atoms with van der Waals surface area (Å²) in [4.78, 5) is 72.5. The van der Waals surface area contributed by atoms with Crippen LogP contribution in [0.1, 0.15) is 41.5 Å². The second kappa shape index (κ2) is 13.0. The number of hydrogen-bond donors (Lipinski definition) is 0. The normalized spacial score (nSPS) is 18.8. The van der Waals surface area contributed by atoms with Gasteiger partial charge in [0.2, 0.25) is 5.91 Å². The van der Waals surface area contributed by atoms with Crippen LogP contribution in [0.25, 0.3) is 0 Å². The summed E-state index contributed by atoms with van der Waals surface area (Å²) in [5.74, 6) is -3.71. The van der Waals surface area contributed by atoms with Gasteiger partial charge in [-0.2, -0.15) is 0 Å². The summed E-state index contributed by atoms with van der Waals surface area (Å²) in [5, 5.41) is -0.791. The molecule has 0 aliphatic carbocycles. The maximum Gasteiger partial charge on any atom is 0.303 e. The first kappa shape index (κ1) is 28.2. The maximum atomic E-state index is 12.1. The molecular weight excluding hydrogens is 462 g/mol. The van der Waals surface area contributed by atoms with Gasteiger partial charge in [0.1, 0.15) is 12.0 Å². The van der Waals surface area contributed by atoms with E-state index >= 15 is 0 Å². The Bertz CT molecular complexity index is 771. The fourth-order valence-corrected chi connectivity index (χ4v) is 4.62. The summed E-state index contributed by atoms with van der Waals surface area (Å²) in [5.41, 5.74) is 0. The second-order valence-electron chi connectivity index (χ2n) is 7.15. The third kappa shape index (κ3) is 9.28. The minimum absolute atomic E-state index is 0.316. The fraction of sp³-hybridized carbons (Fsp3) is 0.700. The molecule has 1 aliphatic heterocycles. The lowest BCUT2D eigenvalue weighted by Gasteiger charge is -2.39. The number of carbonyl (C=O) groups excluding carboxylic acids is 6. The van der Waals surface area contributed by atoms with Crippen molar-refractivity contribution in [3.05, 3.63) is 0 Å². The molecule has 1 heterocycles. The van der Waals surface area contributed by atoms with Crippen LogP contribution >= 0.6 is 11.8 Å². The number of thioether (sulfide) groups is 1. The molecule has 186 valence electrons. The number of nitrogens with zero attached hydrogens (tertiary/aromatic N) is 1. The molecule has 0 saturated carbocycles. The number of ether oxygens (including phenoxy) is 5. The average Bonchev–Trinajstić information content (AvgIpc) is 3.15. The molecule has 13 heteroatoms. The molecule has 0 aromatic rings. The van der Waals surface area contributed by atoms with E-state index in [1.165, 1.54) is 23.6 Å². The number of esters is 5. The molecule has 0 bridgehead atoms. The molecule has 0 aromatic heterocycles. The van der Waals surface area contributed by atoms with Gasteiger partial charge >= 0.3 is 29.8 Å². The van der Waals surface area contributed by atoms with Crippen LogP contribution in [0.5, 0.6) is 0 Å². The van der Waals surface area contributed by atoms with Crippen LogP contribution in [0.4, 0.5) is 0 Å². The van der Waals surface area contributed by atoms with E-state index in [2.05, 4.69) is 0 Å². The summed E-state index contributed by atoms with van der Waals surface area (Å²) in [6, 6.07) is 0. The van der Waals surface area contributed by atoms with Gasteiger partial charge in [0.05, 0.1) is 0 Å². The topological polar surface area (TPSA) is 152 Å². The Morgan fingerprint density at radius 3 is 1.73 bits per heavy atom.